The van der Waals surface area contributed by atoms with E-state index < -0.39 is 6.10 Å². The summed E-state index contributed by atoms with van der Waals surface area (Å²) in [5.74, 6) is -0.939. The molecular formula is C59H96O6. The van der Waals surface area contributed by atoms with Gasteiger partial charge < -0.3 is 14.2 Å². The molecule has 0 aliphatic heterocycles. The fourth-order valence-corrected chi connectivity index (χ4v) is 6.81. The number of carbonyl (C=O) groups is 3. The van der Waals surface area contributed by atoms with Crippen molar-refractivity contribution in [2.75, 3.05) is 13.2 Å². The van der Waals surface area contributed by atoms with Crippen molar-refractivity contribution in [1.82, 2.24) is 0 Å². The van der Waals surface area contributed by atoms with Crippen molar-refractivity contribution in [3.8, 4) is 0 Å². The van der Waals surface area contributed by atoms with E-state index in [2.05, 4.69) is 130 Å². The highest BCUT2D eigenvalue weighted by Crippen LogP contribution is 2.13. The molecule has 0 spiro atoms. The highest BCUT2D eigenvalue weighted by molar-refractivity contribution is 5.71. The first-order chi connectivity index (χ1) is 32.0. The Morgan fingerprint density at radius 1 is 0.323 bits per heavy atom. The Labute approximate surface area is 400 Å². The molecule has 0 aliphatic rings. The first-order valence-electron chi connectivity index (χ1n) is 26.4. The molecule has 368 valence electrons. The Balaban J connectivity index is 4.23. The van der Waals surface area contributed by atoms with Gasteiger partial charge in [0.1, 0.15) is 13.2 Å². The number of hydrogen-bond donors (Lipinski definition) is 0. The topological polar surface area (TPSA) is 78.9 Å². The summed E-state index contributed by atoms with van der Waals surface area (Å²) in [6.45, 7) is 6.38. The molecule has 6 heteroatoms. The van der Waals surface area contributed by atoms with Crippen LogP contribution in [0.25, 0.3) is 0 Å². The van der Waals surface area contributed by atoms with E-state index in [-0.39, 0.29) is 31.1 Å². The maximum atomic E-state index is 12.7. The number of carbonyl (C=O) groups excluding carboxylic acids is 3. The van der Waals surface area contributed by atoms with Crippen molar-refractivity contribution in [2.45, 2.75) is 232 Å². The summed E-state index contributed by atoms with van der Waals surface area (Å²) in [7, 11) is 0. The first kappa shape index (κ1) is 61.1. The molecule has 0 bridgehead atoms. The first-order valence-corrected chi connectivity index (χ1v) is 26.4. The van der Waals surface area contributed by atoms with Crippen LogP contribution in [0.3, 0.4) is 0 Å². The lowest BCUT2D eigenvalue weighted by atomic mass is 10.1. The van der Waals surface area contributed by atoms with Crippen LogP contribution in [0.2, 0.25) is 0 Å². The Bertz CT molecular complexity index is 1360. The Morgan fingerprint density at radius 3 is 1.02 bits per heavy atom. The predicted octanol–water partition coefficient (Wildman–Crippen LogP) is 17.5. The van der Waals surface area contributed by atoms with Crippen LogP contribution < -0.4 is 0 Å². The fourth-order valence-electron chi connectivity index (χ4n) is 6.81. The van der Waals surface area contributed by atoms with Gasteiger partial charge in [0, 0.05) is 19.3 Å². The van der Waals surface area contributed by atoms with Crippen molar-refractivity contribution < 1.29 is 28.6 Å². The fraction of sp³-hybridized carbons (Fsp3) is 0.644. The standard InChI is InChI=1S/C59H96O6/c1-4-7-10-13-16-19-21-22-23-24-25-26-27-28-29-30-31-32-33-34-35-36-37-38-39-41-43-46-49-52-58(61)64-55-56(54-63-57(60)51-48-45-42-18-15-12-9-6-3)65-59(62)53-50-47-44-40-20-17-14-11-8-5-2/h7,10-11,14,16,19,22-23,25-26,28-29,31-32,34-35,37-38,56H,4-6,8-9,12-13,15,17-18,20-21,24,27,30,33,36,39-55H2,1-3H3/b10-7-,14-11-,19-16-,23-22-,26-25-,29-28-,32-31-,35-34-,38-37-. The Hall–Kier alpha value is -3.93. The van der Waals surface area contributed by atoms with E-state index in [0.29, 0.717) is 19.3 Å². The van der Waals surface area contributed by atoms with Crippen molar-refractivity contribution in [3.63, 3.8) is 0 Å². The van der Waals surface area contributed by atoms with Gasteiger partial charge in [-0.15, -0.1) is 0 Å². The SMILES string of the molecule is CC/C=C\C/C=C\C/C=C\C/C=C\C/C=C\C/C=C\C/C=C\C/C=C\CCCCCCC(=O)OCC(COC(=O)CCCCCCCCCC)OC(=O)CCCCCCC/C=C\CCC. The van der Waals surface area contributed by atoms with Gasteiger partial charge in [-0.3, -0.25) is 14.4 Å². The summed E-state index contributed by atoms with van der Waals surface area (Å²) >= 11 is 0. The molecule has 0 rings (SSSR count). The van der Waals surface area contributed by atoms with Gasteiger partial charge in [0.05, 0.1) is 0 Å². The average Bonchev–Trinajstić information content (AvgIpc) is 3.30. The third kappa shape index (κ3) is 50.9. The maximum absolute atomic E-state index is 12.7. The average molecular weight is 901 g/mol. The van der Waals surface area contributed by atoms with Crippen LogP contribution in [-0.2, 0) is 28.6 Å². The van der Waals surface area contributed by atoms with Gasteiger partial charge in [-0.2, -0.15) is 0 Å². The lowest BCUT2D eigenvalue weighted by Gasteiger charge is -2.18. The summed E-state index contributed by atoms with van der Waals surface area (Å²) in [5, 5.41) is 0. The van der Waals surface area contributed by atoms with E-state index in [1.54, 1.807) is 0 Å². The van der Waals surface area contributed by atoms with E-state index in [0.717, 1.165) is 141 Å². The van der Waals surface area contributed by atoms with Crippen LogP contribution in [0.1, 0.15) is 226 Å². The molecule has 0 aliphatic carbocycles. The van der Waals surface area contributed by atoms with Gasteiger partial charge in [-0.25, -0.2) is 0 Å². The molecule has 0 fully saturated rings. The second-order valence-electron chi connectivity index (χ2n) is 17.1. The van der Waals surface area contributed by atoms with Gasteiger partial charge in [-0.05, 0) is 103 Å². The summed E-state index contributed by atoms with van der Waals surface area (Å²) in [6.07, 6.45) is 71.0. The highest BCUT2D eigenvalue weighted by atomic mass is 16.6. The summed E-state index contributed by atoms with van der Waals surface area (Å²) < 4.78 is 16.7. The van der Waals surface area contributed by atoms with Crippen LogP contribution in [-0.4, -0.2) is 37.2 Å². The number of hydrogen-bond acceptors (Lipinski definition) is 6. The molecule has 0 saturated heterocycles. The quantitative estimate of drug-likeness (QED) is 0.0262. The molecule has 0 N–H and O–H groups in total. The van der Waals surface area contributed by atoms with Gasteiger partial charge in [0.15, 0.2) is 6.10 Å². The third-order valence-corrected chi connectivity index (χ3v) is 10.7. The zero-order valence-electron chi connectivity index (χ0n) is 42.0. The van der Waals surface area contributed by atoms with E-state index in [4.69, 9.17) is 14.2 Å². The molecule has 1 atom stereocenters. The second-order valence-corrected chi connectivity index (χ2v) is 17.1. The van der Waals surface area contributed by atoms with Crippen LogP contribution in [0, 0.1) is 0 Å². The van der Waals surface area contributed by atoms with Crippen molar-refractivity contribution in [1.29, 1.82) is 0 Å². The van der Waals surface area contributed by atoms with E-state index in [9.17, 15) is 14.4 Å². The van der Waals surface area contributed by atoms with Gasteiger partial charge >= 0.3 is 17.9 Å². The molecular weight excluding hydrogens is 805 g/mol. The number of rotatable bonds is 46. The lowest BCUT2D eigenvalue weighted by Crippen LogP contribution is -2.30. The summed E-state index contributed by atoms with van der Waals surface area (Å²) in [6, 6.07) is 0. The molecule has 0 aromatic rings. The van der Waals surface area contributed by atoms with Crippen molar-refractivity contribution in [3.05, 3.63) is 109 Å². The number of esters is 3. The molecule has 0 aromatic carbocycles. The van der Waals surface area contributed by atoms with Crippen molar-refractivity contribution in [2.24, 2.45) is 0 Å². The molecule has 65 heavy (non-hydrogen) atoms. The lowest BCUT2D eigenvalue weighted by molar-refractivity contribution is -0.167. The zero-order valence-corrected chi connectivity index (χ0v) is 42.0. The van der Waals surface area contributed by atoms with Crippen LogP contribution in [0.5, 0.6) is 0 Å². The minimum Gasteiger partial charge on any atom is -0.462 e. The molecule has 1 unspecified atom stereocenters. The van der Waals surface area contributed by atoms with Crippen molar-refractivity contribution >= 4 is 17.9 Å². The molecule has 0 amide bonds. The predicted molar refractivity (Wildman–Crippen MR) is 279 cm³/mol. The van der Waals surface area contributed by atoms with Crippen LogP contribution in [0.15, 0.2) is 109 Å². The third-order valence-electron chi connectivity index (χ3n) is 10.7. The van der Waals surface area contributed by atoms with Gasteiger partial charge in [0.25, 0.3) is 0 Å². The minimum atomic E-state index is -0.790. The molecule has 0 saturated carbocycles. The largest absolute Gasteiger partial charge is 0.462 e. The molecule has 6 nitrogen and oxygen atoms in total. The second kappa shape index (κ2) is 52.7. The smallest absolute Gasteiger partial charge is 0.306 e. The molecule has 0 aromatic heterocycles. The maximum Gasteiger partial charge on any atom is 0.306 e. The summed E-state index contributed by atoms with van der Waals surface area (Å²) in [5.41, 5.74) is 0. The van der Waals surface area contributed by atoms with Crippen LogP contribution >= 0.6 is 0 Å². The number of unbranched alkanes of at least 4 members (excludes halogenated alkanes) is 17. The number of ether oxygens (including phenoxy) is 3. The van der Waals surface area contributed by atoms with Gasteiger partial charge in [0.2, 0.25) is 0 Å². The van der Waals surface area contributed by atoms with Gasteiger partial charge in [-0.1, -0.05) is 214 Å². The molecule has 0 radical (unpaired) electrons. The normalized spacial score (nSPS) is 13.0. The van der Waals surface area contributed by atoms with E-state index in [1.165, 1.54) is 44.9 Å². The molecule has 0 heterocycles. The zero-order chi connectivity index (χ0) is 47.2. The minimum absolute atomic E-state index is 0.0901. The Morgan fingerprint density at radius 2 is 0.631 bits per heavy atom. The number of allylic oxidation sites excluding steroid dienone is 18. The van der Waals surface area contributed by atoms with E-state index in [1.807, 2.05) is 0 Å². The Kier molecular flexibility index (Phi) is 49.5. The monoisotopic (exact) mass is 901 g/mol. The van der Waals surface area contributed by atoms with Crippen LogP contribution in [0.4, 0.5) is 0 Å². The summed E-state index contributed by atoms with van der Waals surface area (Å²) in [4.78, 5) is 37.7. The highest BCUT2D eigenvalue weighted by Gasteiger charge is 2.19. The van der Waals surface area contributed by atoms with E-state index >= 15 is 0 Å².